The third-order valence-electron chi connectivity index (χ3n) is 5.28. The van der Waals surface area contributed by atoms with Gasteiger partial charge in [-0.05, 0) is 49.4 Å². The van der Waals surface area contributed by atoms with Crippen molar-refractivity contribution in [1.29, 1.82) is 0 Å². The van der Waals surface area contributed by atoms with E-state index >= 15 is 0 Å². The van der Waals surface area contributed by atoms with Gasteiger partial charge < -0.3 is 15.1 Å². The molecule has 1 fully saturated rings. The Bertz CT molecular complexity index is 885. The molecule has 2 amide bonds. The summed E-state index contributed by atoms with van der Waals surface area (Å²) < 4.78 is 13.1. The molecule has 0 bridgehead atoms. The van der Waals surface area contributed by atoms with Gasteiger partial charge >= 0.3 is 0 Å². The van der Waals surface area contributed by atoms with Crippen molar-refractivity contribution in [1.82, 2.24) is 9.80 Å². The average molecular weight is 433 g/mol. The highest BCUT2D eigenvalue weighted by atomic mass is 35.5. The SMILES string of the molecule is CC(C(=O)N(C)CC(=O)Nc1cccc(Cl)c1)N1CCN(c2ccc(F)cc2)CC1. The lowest BCUT2D eigenvalue weighted by Crippen LogP contribution is -2.54. The number of rotatable bonds is 6. The number of nitrogens with one attached hydrogen (secondary N) is 1. The maximum absolute atomic E-state index is 13.1. The fourth-order valence-electron chi connectivity index (χ4n) is 3.55. The zero-order valence-corrected chi connectivity index (χ0v) is 17.9. The van der Waals surface area contributed by atoms with Crippen LogP contribution in [0.2, 0.25) is 5.02 Å². The second-order valence-corrected chi connectivity index (χ2v) is 7.86. The Morgan fingerprint density at radius 1 is 1.13 bits per heavy atom. The van der Waals surface area contributed by atoms with Gasteiger partial charge in [-0.3, -0.25) is 14.5 Å². The van der Waals surface area contributed by atoms with E-state index in [1.165, 1.54) is 17.0 Å². The van der Waals surface area contributed by atoms with Crippen LogP contribution in [0.25, 0.3) is 0 Å². The molecule has 0 radical (unpaired) electrons. The van der Waals surface area contributed by atoms with E-state index in [4.69, 9.17) is 11.6 Å². The van der Waals surface area contributed by atoms with E-state index in [1.807, 2.05) is 6.92 Å². The highest BCUT2D eigenvalue weighted by Gasteiger charge is 2.28. The van der Waals surface area contributed by atoms with Crippen LogP contribution in [0, 0.1) is 5.82 Å². The van der Waals surface area contributed by atoms with E-state index in [0.29, 0.717) is 23.8 Å². The van der Waals surface area contributed by atoms with Crippen molar-refractivity contribution < 1.29 is 14.0 Å². The summed E-state index contributed by atoms with van der Waals surface area (Å²) in [5, 5.41) is 3.28. The molecule has 30 heavy (non-hydrogen) atoms. The first-order valence-corrected chi connectivity index (χ1v) is 10.3. The molecule has 8 heteroatoms. The second-order valence-electron chi connectivity index (χ2n) is 7.43. The summed E-state index contributed by atoms with van der Waals surface area (Å²) in [5.74, 6) is -0.632. The minimum absolute atomic E-state index is 0.0365. The van der Waals surface area contributed by atoms with Gasteiger partial charge in [-0.15, -0.1) is 0 Å². The van der Waals surface area contributed by atoms with Gasteiger partial charge in [0.15, 0.2) is 0 Å². The third kappa shape index (κ3) is 5.70. The van der Waals surface area contributed by atoms with Crippen LogP contribution in [-0.4, -0.2) is 67.4 Å². The van der Waals surface area contributed by atoms with Crippen molar-refractivity contribution in [2.45, 2.75) is 13.0 Å². The fraction of sp³-hybridized carbons (Fsp3) is 0.364. The summed E-state index contributed by atoms with van der Waals surface area (Å²) in [6.45, 7) is 4.76. The number of amides is 2. The molecule has 1 heterocycles. The maximum atomic E-state index is 13.1. The van der Waals surface area contributed by atoms with Crippen LogP contribution < -0.4 is 10.2 Å². The molecule has 1 saturated heterocycles. The van der Waals surface area contributed by atoms with Crippen molar-refractivity contribution in [2.75, 3.05) is 50.0 Å². The molecule has 1 unspecified atom stereocenters. The largest absolute Gasteiger partial charge is 0.369 e. The first kappa shape index (κ1) is 22.1. The van der Waals surface area contributed by atoms with Gasteiger partial charge in [0.05, 0.1) is 12.6 Å². The molecular weight excluding hydrogens is 407 g/mol. The zero-order chi connectivity index (χ0) is 21.7. The number of piperazine rings is 1. The number of hydrogen-bond acceptors (Lipinski definition) is 4. The number of nitrogens with zero attached hydrogens (tertiary/aromatic N) is 3. The number of hydrogen-bond donors (Lipinski definition) is 1. The Labute approximate surface area is 181 Å². The topological polar surface area (TPSA) is 55.9 Å². The first-order chi connectivity index (χ1) is 14.3. The van der Waals surface area contributed by atoms with Crippen molar-refractivity contribution >= 4 is 34.8 Å². The molecule has 3 rings (SSSR count). The summed E-state index contributed by atoms with van der Waals surface area (Å²) in [6.07, 6.45) is 0. The van der Waals surface area contributed by atoms with Crippen molar-refractivity contribution in [3.05, 3.63) is 59.4 Å². The minimum Gasteiger partial charge on any atom is -0.369 e. The minimum atomic E-state index is -0.329. The molecule has 1 atom stereocenters. The van der Waals surface area contributed by atoms with Crippen LogP contribution in [0.4, 0.5) is 15.8 Å². The normalized spacial score (nSPS) is 15.5. The van der Waals surface area contributed by atoms with Gasteiger partial charge in [0.1, 0.15) is 5.82 Å². The lowest BCUT2D eigenvalue weighted by atomic mass is 10.2. The smallest absolute Gasteiger partial charge is 0.243 e. The standard InChI is InChI=1S/C22H26ClFN4O2/c1-16(27-10-12-28(13-11-27)20-8-6-18(24)7-9-20)22(30)26(2)15-21(29)25-19-5-3-4-17(23)14-19/h3-9,14,16H,10-13,15H2,1-2H3,(H,25,29). The monoisotopic (exact) mass is 432 g/mol. The summed E-state index contributed by atoms with van der Waals surface area (Å²) in [4.78, 5) is 30.8. The van der Waals surface area contributed by atoms with Crippen molar-refractivity contribution in [3.63, 3.8) is 0 Å². The maximum Gasteiger partial charge on any atom is 0.243 e. The molecule has 0 saturated carbocycles. The van der Waals surface area contributed by atoms with Gasteiger partial charge in [0.2, 0.25) is 11.8 Å². The lowest BCUT2D eigenvalue weighted by molar-refractivity contribution is -0.137. The number of anilines is 2. The van der Waals surface area contributed by atoms with E-state index in [1.54, 1.807) is 43.4 Å². The highest BCUT2D eigenvalue weighted by Crippen LogP contribution is 2.18. The molecule has 2 aromatic carbocycles. The molecule has 1 aliphatic rings. The van der Waals surface area contributed by atoms with Gasteiger partial charge in [0, 0.05) is 49.6 Å². The molecule has 2 aromatic rings. The van der Waals surface area contributed by atoms with Crippen LogP contribution in [0.15, 0.2) is 48.5 Å². The Morgan fingerprint density at radius 2 is 1.80 bits per heavy atom. The zero-order valence-electron chi connectivity index (χ0n) is 17.1. The van der Waals surface area contributed by atoms with Crippen molar-refractivity contribution in [2.24, 2.45) is 0 Å². The molecule has 0 aliphatic carbocycles. The van der Waals surface area contributed by atoms with E-state index in [9.17, 15) is 14.0 Å². The van der Waals surface area contributed by atoms with Crippen LogP contribution in [0.1, 0.15) is 6.92 Å². The van der Waals surface area contributed by atoms with Gasteiger partial charge in [0.25, 0.3) is 0 Å². The molecule has 0 spiro atoms. The van der Waals surface area contributed by atoms with Gasteiger partial charge in [-0.1, -0.05) is 17.7 Å². The van der Waals surface area contributed by atoms with Gasteiger partial charge in [-0.2, -0.15) is 0 Å². The number of halogens is 2. The Morgan fingerprint density at radius 3 is 2.43 bits per heavy atom. The van der Waals surface area contributed by atoms with E-state index < -0.39 is 0 Å². The van der Waals surface area contributed by atoms with Crippen LogP contribution in [-0.2, 0) is 9.59 Å². The van der Waals surface area contributed by atoms with Crippen LogP contribution in [0.5, 0.6) is 0 Å². The summed E-state index contributed by atoms with van der Waals surface area (Å²) in [5.41, 5.74) is 1.57. The quantitative estimate of drug-likeness (QED) is 0.762. The molecule has 1 aliphatic heterocycles. The van der Waals surface area contributed by atoms with Crippen molar-refractivity contribution in [3.8, 4) is 0 Å². The average Bonchev–Trinajstić information content (AvgIpc) is 2.73. The van der Waals surface area contributed by atoms with Gasteiger partial charge in [-0.25, -0.2) is 4.39 Å². The number of carbonyl (C=O) groups excluding carboxylic acids is 2. The van der Waals surface area contributed by atoms with Crippen LogP contribution in [0.3, 0.4) is 0 Å². The number of likely N-dealkylation sites (N-methyl/N-ethyl adjacent to an activating group) is 1. The Balaban J connectivity index is 1.48. The summed E-state index contributed by atoms with van der Waals surface area (Å²) >= 11 is 5.93. The first-order valence-electron chi connectivity index (χ1n) is 9.88. The molecular formula is C22H26ClFN4O2. The predicted octanol–water partition coefficient (Wildman–Crippen LogP) is 3.09. The van der Waals surface area contributed by atoms with E-state index in [2.05, 4.69) is 15.1 Å². The van der Waals surface area contributed by atoms with E-state index in [0.717, 1.165) is 18.8 Å². The van der Waals surface area contributed by atoms with Crippen LogP contribution >= 0.6 is 11.6 Å². The fourth-order valence-corrected chi connectivity index (χ4v) is 3.74. The second kappa shape index (κ2) is 9.91. The third-order valence-corrected chi connectivity index (χ3v) is 5.51. The number of benzene rings is 2. The Kier molecular flexibility index (Phi) is 7.29. The Hall–Kier alpha value is -2.64. The molecule has 1 N–H and O–H groups in total. The summed E-state index contributed by atoms with van der Waals surface area (Å²) in [6, 6.07) is 13.0. The molecule has 6 nitrogen and oxygen atoms in total. The lowest BCUT2D eigenvalue weighted by Gasteiger charge is -2.39. The predicted molar refractivity (Wildman–Crippen MR) is 117 cm³/mol. The highest BCUT2D eigenvalue weighted by molar-refractivity contribution is 6.30. The molecule has 160 valence electrons. The summed E-state index contributed by atoms with van der Waals surface area (Å²) in [7, 11) is 1.63. The van der Waals surface area contributed by atoms with E-state index in [-0.39, 0.29) is 30.2 Å². The number of carbonyl (C=O) groups is 2. The molecule has 0 aromatic heterocycles.